The van der Waals surface area contributed by atoms with E-state index < -0.39 is 27.7 Å². The lowest BCUT2D eigenvalue weighted by molar-refractivity contribution is -0.124. The van der Waals surface area contributed by atoms with Gasteiger partial charge < -0.3 is 19.6 Å². The first kappa shape index (κ1) is 29.5. The van der Waals surface area contributed by atoms with Crippen LogP contribution in [0.3, 0.4) is 0 Å². The van der Waals surface area contributed by atoms with E-state index in [1.54, 1.807) is 15.9 Å². The minimum Gasteiger partial charge on any atom is -0.477 e. The zero-order chi connectivity index (χ0) is 28.5. The average Bonchev–Trinajstić information content (AvgIpc) is 3.57. The molecule has 1 N–H and O–H groups in total. The summed E-state index contributed by atoms with van der Waals surface area (Å²) < 4.78 is 17.9. The summed E-state index contributed by atoms with van der Waals surface area (Å²) in [6.07, 6.45) is 3.60. The largest absolute Gasteiger partial charge is 0.477 e. The molecule has 1 aliphatic carbocycles. The van der Waals surface area contributed by atoms with Gasteiger partial charge in [-0.2, -0.15) is 0 Å². The number of likely N-dealkylation sites (tertiary alicyclic amines) is 1. The minimum atomic E-state index is -2.19. The van der Waals surface area contributed by atoms with Crippen molar-refractivity contribution in [1.29, 1.82) is 0 Å². The van der Waals surface area contributed by atoms with E-state index in [0.717, 1.165) is 37.0 Å². The molecule has 3 fully saturated rings. The molecule has 3 heterocycles. The molecule has 2 amide bonds. The van der Waals surface area contributed by atoms with E-state index in [-0.39, 0.29) is 40.5 Å². The predicted octanol–water partition coefficient (Wildman–Crippen LogP) is 4.70. The third-order valence-electron chi connectivity index (χ3n) is 7.69. The Labute approximate surface area is 236 Å². The third-order valence-corrected chi connectivity index (χ3v) is 10.7. The number of hydrogen-bond donors (Lipinski definition) is 1. The lowest BCUT2D eigenvalue weighted by Gasteiger charge is -2.34. The van der Waals surface area contributed by atoms with Crippen molar-refractivity contribution in [1.82, 2.24) is 4.90 Å². The van der Waals surface area contributed by atoms with Crippen LogP contribution in [-0.4, -0.2) is 74.8 Å². The topological polar surface area (TPSA) is 104 Å². The maximum atomic E-state index is 14.0. The van der Waals surface area contributed by atoms with Crippen molar-refractivity contribution in [2.24, 2.45) is 17.3 Å². The molecular formula is C29H40N2O6S2. The minimum absolute atomic E-state index is 0.0784. The molecule has 1 saturated carbocycles. The Kier molecular flexibility index (Phi) is 8.72. The molecule has 0 aromatic carbocycles. The number of carboxylic acid groups (broad SMARTS) is 1. The smallest absolute Gasteiger partial charge is 0.410 e. The van der Waals surface area contributed by atoms with Gasteiger partial charge in [-0.3, -0.25) is 9.00 Å². The van der Waals surface area contributed by atoms with E-state index in [0.29, 0.717) is 41.6 Å². The monoisotopic (exact) mass is 576 g/mol. The Morgan fingerprint density at radius 2 is 1.87 bits per heavy atom. The molecule has 2 aliphatic heterocycles. The van der Waals surface area contributed by atoms with Gasteiger partial charge in [0.15, 0.2) is 0 Å². The molecule has 10 heteroatoms. The van der Waals surface area contributed by atoms with Crippen molar-refractivity contribution in [3.05, 3.63) is 15.8 Å². The maximum Gasteiger partial charge on any atom is 0.410 e. The number of carboxylic acids is 1. The fraction of sp³-hybridized carbons (Fsp3) is 0.655. The fourth-order valence-corrected chi connectivity index (χ4v) is 8.12. The van der Waals surface area contributed by atoms with E-state index in [4.69, 9.17) is 4.74 Å². The zero-order valence-corrected chi connectivity index (χ0v) is 25.0. The molecule has 8 nitrogen and oxygen atoms in total. The molecule has 3 aliphatic rings. The van der Waals surface area contributed by atoms with Crippen LogP contribution in [0.1, 0.15) is 80.8 Å². The lowest BCUT2D eigenvalue weighted by atomic mass is 9.82. The normalized spacial score (nSPS) is 29.0. The highest BCUT2D eigenvalue weighted by Gasteiger charge is 2.40. The van der Waals surface area contributed by atoms with E-state index in [9.17, 15) is 23.7 Å². The molecule has 214 valence electrons. The SMILES string of the molecule is C=S1(=O)CCC(OC(=O)N2CC[C@H](N(c3cc(C#CC(C)(C)C)sc3C(=O)O)C(=O)[C@H]3CC[C@H](C)CC3)C2)C1. The van der Waals surface area contributed by atoms with Crippen LogP contribution in [0.2, 0.25) is 0 Å². The van der Waals surface area contributed by atoms with E-state index in [1.165, 1.54) is 0 Å². The summed E-state index contributed by atoms with van der Waals surface area (Å²) >= 11 is 1.08. The van der Waals surface area contributed by atoms with E-state index in [2.05, 4.69) is 24.6 Å². The molecule has 1 aromatic rings. The van der Waals surface area contributed by atoms with Gasteiger partial charge >= 0.3 is 12.1 Å². The molecule has 0 bridgehead atoms. The Bertz CT molecular complexity index is 1270. The van der Waals surface area contributed by atoms with E-state index >= 15 is 0 Å². The van der Waals surface area contributed by atoms with Crippen molar-refractivity contribution >= 4 is 50.4 Å². The van der Waals surface area contributed by atoms with Crippen molar-refractivity contribution in [3.63, 3.8) is 0 Å². The van der Waals surface area contributed by atoms with Crippen LogP contribution in [0, 0.1) is 29.1 Å². The van der Waals surface area contributed by atoms with Gasteiger partial charge in [0, 0.05) is 30.2 Å². The summed E-state index contributed by atoms with van der Waals surface area (Å²) in [4.78, 5) is 43.2. The van der Waals surface area contributed by atoms with Crippen LogP contribution in [0.4, 0.5) is 10.5 Å². The molecule has 2 saturated heterocycles. The van der Waals surface area contributed by atoms with Gasteiger partial charge in [-0.15, -0.1) is 11.3 Å². The van der Waals surface area contributed by atoms with Crippen LogP contribution in [0.5, 0.6) is 0 Å². The Morgan fingerprint density at radius 3 is 2.46 bits per heavy atom. The number of amides is 2. The fourth-order valence-electron chi connectivity index (χ4n) is 5.50. The van der Waals surface area contributed by atoms with Gasteiger partial charge in [-0.05, 0) is 86.7 Å². The molecule has 39 heavy (non-hydrogen) atoms. The first-order valence-corrected chi connectivity index (χ1v) is 16.6. The number of ether oxygens (including phenoxy) is 1. The summed E-state index contributed by atoms with van der Waals surface area (Å²) in [6, 6.07) is 1.35. The van der Waals surface area contributed by atoms with Crippen molar-refractivity contribution in [2.45, 2.75) is 78.4 Å². The summed E-state index contributed by atoms with van der Waals surface area (Å²) in [5, 5.41) is 10.1. The average molecular weight is 577 g/mol. The highest BCUT2D eigenvalue weighted by Crippen LogP contribution is 2.38. The van der Waals surface area contributed by atoms with Crippen LogP contribution >= 0.6 is 11.3 Å². The molecule has 0 radical (unpaired) electrons. The number of rotatable bonds is 5. The van der Waals surface area contributed by atoms with Crippen LogP contribution in [0.15, 0.2) is 6.07 Å². The van der Waals surface area contributed by atoms with Crippen molar-refractivity contribution in [2.75, 3.05) is 29.5 Å². The van der Waals surface area contributed by atoms with Crippen molar-refractivity contribution < 1.29 is 28.4 Å². The summed E-state index contributed by atoms with van der Waals surface area (Å²) in [7, 11) is -2.19. The molecular weight excluding hydrogens is 536 g/mol. The molecule has 4 rings (SSSR count). The second-order valence-electron chi connectivity index (χ2n) is 12.3. The van der Waals surface area contributed by atoms with Gasteiger partial charge in [0.25, 0.3) is 0 Å². The lowest BCUT2D eigenvalue weighted by Crippen LogP contribution is -2.47. The highest BCUT2D eigenvalue weighted by atomic mass is 32.2. The van der Waals surface area contributed by atoms with Gasteiger partial charge in [0.1, 0.15) is 11.0 Å². The van der Waals surface area contributed by atoms with Crippen LogP contribution in [0.25, 0.3) is 0 Å². The number of nitrogens with zero attached hydrogens (tertiary/aromatic N) is 2. The quantitative estimate of drug-likeness (QED) is 0.403. The zero-order valence-electron chi connectivity index (χ0n) is 23.4. The Balaban J connectivity index is 1.61. The molecule has 0 spiro atoms. The predicted molar refractivity (Wildman–Crippen MR) is 156 cm³/mol. The number of hydrogen-bond acceptors (Lipinski definition) is 6. The second kappa shape index (κ2) is 11.5. The van der Waals surface area contributed by atoms with Gasteiger partial charge in [0.2, 0.25) is 5.91 Å². The van der Waals surface area contributed by atoms with Crippen molar-refractivity contribution in [3.8, 4) is 11.8 Å². The molecule has 3 atom stereocenters. The number of aromatic carboxylic acids is 1. The summed E-state index contributed by atoms with van der Waals surface area (Å²) in [5.74, 6) is 9.92. The Hall–Kier alpha value is -2.51. The molecule has 2 unspecified atom stereocenters. The summed E-state index contributed by atoms with van der Waals surface area (Å²) in [5.41, 5.74) is 0.108. The highest BCUT2D eigenvalue weighted by molar-refractivity contribution is 8.00. The first-order valence-electron chi connectivity index (χ1n) is 13.7. The van der Waals surface area contributed by atoms with E-state index in [1.807, 2.05) is 20.8 Å². The van der Waals surface area contributed by atoms with Crippen LogP contribution < -0.4 is 4.90 Å². The third kappa shape index (κ3) is 7.37. The second-order valence-corrected chi connectivity index (χ2v) is 16.0. The molecule has 1 aromatic heterocycles. The first-order chi connectivity index (χ1) is 18.2. The number of carbonyl (C=O) groups excluding carboxylic acids is 2. The summed E-state index contributed by atoms with van der Waals surface area (Å²) in [6.45, 7) is 8.79. The maximum absolute atomic E-state index is 14.0. The number of carbonyl (C=O) groups is 3. The van der Waals surface area contributed by atoms with Gasteiger partial charge in [-0.1, -0.05) is 18.8 Å². The number of anilines is 1. The van der Waals surface area contributed by atoms with Crippen LogP contribution in [-0.2, 0) is 19.1 Å². The van der Waals surface area contributed by atoms with Gasteiger partial charge in [0.05, 0.1) is 22.4 Å². The van der Waals surface area contributed by atoms with Gasteiger partial charge in [-0.25, -0.2) is 9.59 Å². The standard InChI is InChI=1S/C29H40N2O6S2/c1-19-6-8-20(9-7-19)26(32)31(24-16-23(10-13-29(2,3)4)38-25(24)27(33)34)21-11-14-30(17-21)28(35)37-22-12-15-39(5,36)18-22/h16,19-22H,5-9,11-12,14-15,17-18H2,1-4H3,(H,33,34)/t19-,20-,21-,22?,39?/m0/s1. The number of thiophene rings is 1. The Morgan fingerprint density at radius 1 is 1.18 bits per heavy atom.